The van der Waals surface area contributed by atoms with Crippen molar-refractivity contribution in [2.75, 3.05) is 23.0 Å². The van der Waals surface area contributed by atoms with Crippen LogP contribution in [0.5, 0.6) is 0 Å². The molecule has 5 heteroatoms. The number of rotatable bonds is 1. The van der Waals surface area contributed by atoms with Gasteiger partial charge in [0.15, 0.2) is 0 Å². The first kappa shape index (κ1) is 11.0. The van der Waals surface area contributed by atoms with Crippen LogP contribution in [0.3, 0.4) is 0 Å². The molecule has 0 saturated heterocycles. The molecule has 2 rings (SSSR count). The third-order valence-corrected chi connectivity index (χ3v) is 3.45. The lowest BCUT2D eigenvalue weighted by atomic mass is 10.2. The second-order valence-electron chi connectivity index (χ2n) is 3.47. The lowest BCUT2D eigenvalue weighted by Gasteiger charge is -2.26. The monoisotopic (exact) mass is 236 g/mol. The SMILES string of the molecule is CNc1ccc2c(c1)N(C(C)=O)C(=O)CS2. The topological polar surface area (TPSA) is 49.4 Å². The van der Waals surface area contributed by atoms with Crippen molar-refractivity contribution in [3.63, 3.8) is 0 Å². The summed E-state index contributed by atoms with van der Waals surface area (Å²) in [7, 11) is 1.80. The molecule has 4 nitrogen and oxygen atoms in total. The molecule has 0 bridgehead atoms. The molecular formula is C11H12N2O2S. The Kier molecular flexibility index (Phi) is 2.87. The molecule has 0 spiro atoms. The molecule has 0 fully saturated rings. The minimum Gasteiger partial charge on any atom is -0.388 e. The molecule has 2 amide bonds. The summed E-state index contributed by atoms with van der Waals surface area (Å²) in [6, 6.07) is 5.68. The van der Waals surface area contributed by atoms with E-state index >= 15 is 0 Å². The van der Waals surface area contributed by atoms with E-state index in [1.165, 1.54) is 23.6 Å². The van der Waals surface area contributed by atoms with Crippen LogP contribution in [0.15, 0.2) is 23.1 Å². The zero-order chi connectivity index (χ0) is 11.7. The van der Waals surface area contributed by atoms with Gasteiger partial charge in [0, 0.05) is 24.6 Å². The van der Waals surface area contributed by atoms with Crippen LogP contribution >= 0.6 is 11.8 Å². The maximum Gasteiger partial charge on any atom is 0.244 e. The average molecular weight is 236 g/mol. The van der Waals surface area contributed by atoms with Crippen molar-refractivity contribution in [2.45, 2.75) is 11.8 Å². The van der Waals surface area contributed by atoms with Gasteiger partial charge in [0.2, 0.25) is 11.8 Å². The zero-order valence-electron chi connectivity index (χ0n) is 9.11. The summed E-state index contributed by atoms with van der Waals surface area (Å²) in [5.74, 6) is -0.0658. The van der Waals surface area contributed by atoms with Crippen molar-refractivity contribution in [1.29, 1.82) is 0 Å². The Bertz CT molecular complexity index is 459. The number of amides is 2. The Morgan fingerprint density at radius 2 is 2.25 bits per heavy atom. The third kappa shape index (κ3) is 1.78. The Morgan fingerprint density at radius 1 is 1.50 bits per heavy atom. The van der Waals surface area contributed by atoms with Crippen LogP contribution in [0.4, 0.5) is 11.4 Å². The van der Waals surface area contributed by atoms with E-state index in [-0.39, 0.29) is 11.8 Å². The predicted molar refractivity (Wildman–Crippen MR) is 64.9 cm³/mol. The summed E-state index contributed by atoms with van der Waals surface area (Å²) in [5.41, 5.74) is 1.57. The fraction of sp³-hybridized carbons (Fsp3) is 0.273. The number of imide groups is 1. The molecule has 0 unspecified atom stereocenters. The van der Waals surface area contributed by atoms with Crippen LogP contribution in [0.1, 0.15) is 6.92 Å². The van der Waals surface area contributed by atoms with Gasteiger partial charge in [-0.3, -0.25) is 9.59 Å². The maximum atomic E-state index is 11.7. The molecule has 1 N–H and O–H groups in total. The number of carbonyl (C=O) groups is 2. The molecule has 1 aliphatic heterocycles. The quantitative estimate of drug-likeness (QED) is 0.806. The molecular weight excluding hydrogens is 224 g/mol. The number of hydrogen-bond donors (Lipinski definition) is 1. The number of anilines is 2. The fourth-order valence-corrected chi connectivity index (χ4v) is 2.52. The lowest BCUT2D eigenvalue weighted by molar-refractivity contribution is -0.124. The zero-order valence-corrected chi connectivity index (χ0v) is 9.93. The number of thioether (sulfide) groups is 1. The van der Waals surface area contributed by atoms with E-state index in [0.717, 1.165) is 10.6 Å². The van der Waals surface area contributed by atoms with Gasteiger partial charge in [-0.15, -0.1) is 11.8 Å². The largest absolute Gasteiger partial charge is 0.388 e. The highest BCUT2D eigenvalue weighted by molar-refractivity contribution is 8.00. The molecule has 1 aromatic carbocycles. The van der Waals surface area contributed by atoms with Crippen LogP contribution in [-0.2, 0) is 9.59 Å². The molecule has 0 radical (unpaired) electrons. The highest BCUT2D eigenvalue weighted by atomic mass is 32.2. The molecule has 0 aromatic heterocycles. The lowest BCUT2D eigenvalue weighted by Crippen LogP contribution is -2.39. The number of nitrogens with zero attached hydrogens (tertiary/aromatic N) is 1. The van der Waals surface area contributed by atoms with Gasteiger partial charge in [-0.25, -0.2) is 4.90 Å². The van der Waals surface area contributed by atoms with Crippen molar-refractivity contribution < 1.29 is 9.59 Å². The summed E-state index contributed by atoms with van der Waals surface area (Å²) in [5, 5.41) is 2.99. The predicted octanol–water partition coefficient (Wildman–Crippen LogP) is 1.71. The summed E-state index contributed by atoms with van der Waals surface area (Å²) in [6.45, 7) is 1.41. The first-order chi connectivity index (χ1) is 7.63. The number of carbonyl (C=O) groups excluding carboxylic acids is 2. The van der Waals surface area contributed by atoms with E-state index in [1.54, 1.807) is 7.05 Å². The third-order valence-electron chi connectivity index (χ3n) is 2.40. The molecule has 0 atom stereocenters. The Morgan fingerprint density at radius 3 is 2.88 bits per heavy atom. The molecule has 0 aliphatic carbocycles. The van der Waals surface area contributed by atoms with Crippen LogP contribution in [0.2, 0.25) is 0 Å². The van der Waals surface area contributed by atoms with Crippen molar-refractivity contribution in [3.05, 3.63) is 18.2 Å². The molecule has 0 saturated carbocycles. The summed E-state index contributed by atoms with van der Waals surface area (Å²) in [6.07, 6.45) is 0. The van der Waals surface area contributed by atoms with Crippen LogP contribution in [-0.4, -0.2) is 24.6 Å². The van der Waals surface area contributed by atoms with E-state index < -0.39 is 0 Å². The van der Waals surface area contributed by atoms with Gasteiger partial charge in [0.05, 0.1) is 11.4 Å². The number of nitrogens with one attached hydrogen (secondary N) is 1. The second-order valence-corrected chi connectivity index (χ2v) is 4.49. The van der Waals surface area contributed by atoms with E-state index in [0.29, 0.717) is 11.4 Å². The van der Waals surface area contributed by atoms with E-state index in [9.17, 15) is 9.59 Å². The fourth-order valence-electron chi connectivity index (χ4n) is 1.65. The molecule has 84 valence electrons. The molecule has 16 heavy (non-hydrogen) atoms. The molecule has 1 aliphatic rings. The van der Waals surface area contributed by atoms with Crippen LogP contribution in [0, 0.1) is 0 Å². The average Bonchev–Trinajstić information content (AvgIpc) is 2.27. The van der Waals surface area contributed by atoms with Gasteiger partial charge in [-0.1, -0.05) is 0 Å². The van der Waals surface area contributed by atoms with Crippen molar-refractivity contribution >= 4 is 35.0 Å². The second kappa shape index (κ2) is 4.17. The van der Waals surface area contributed by atoms with Gasteiger partial charge in [0.25, 0.3) is 0 Å². The smallest absolute Gasteiger partial charge is 0.244 e. The number of hydrogen-bond acceptors (Lipinski definition) is 4. The first-order valence-electron chi connectivity index (χ1n) is 4.91. The Hall–Kier alpha value is -1.49. The van der Waals surface area contributed by atoms with Gasteiger partial charge in [-0.2, -0.15) is 0 Å². The first-order valence-corrected chi connectivity index (χ1v) is 5.90. The van der Waals surface area contributed by atoms with Gasteiger partial charge >= 0.3 is 0 Å². The van der Waals surface area contributed by atoms with Gasteiger partial charge in [0.1, 0.15) is 0 Å². The van der Waals surface area contributed by atoms with Crippen LogP contribution < -0.4 is 10.2 Å². The summed E-state index contributed by atoms with van der Waals surface area (Å²) < 4.78 is 0. The standard InChI is InChI=1S/C11H12N2O2S/c1-7(14)13-9-5-8(12-2)3-4-10(9)16-6-11(13)15/h3-5,12H,6H2,1-2H3. The van der Waals surface area contributed by atoms with E-state index in [1.807, 2.05) is 18.2 Å². The minimum absolute atomic E-state index is 0.154. The van der Waals surface area contributed by atoms with Crippen LogP contribution in [0.25, 0.3) is 0 Å². The van der Waals surface area contributed by atoms with Crippen molar-refractivity contribution in [2.24, 2.45) is 0 Å². The normalized spacial score (nSPS) is 14.6. The van der Waals surface area contributed by atoms with Crippen molar-refractivity contribution in [3.8, 4) is 0 Å². The van der Waals surface area contributed by atoms with E-state index in [4.69, 9.17) is 0 Å². The molecule has 1 aromatic rings. The van der Waals surface area contributed by atoms with E-state index in [2.05, 4.69) is 5.32 Å². The Labute approximate surface area is 98.0 Å². The van der Waals surface area contributed by atoms with Gasteiger partial charge in [-0.05, 0) is 18.2 Å². The summed E-state index contributed by atoms with van der Waals surface area (Å²) in [4.78, 5) is 25.3. The van der Waals surface area contributed by atoms with Crippen molar-refractivity contribution in [1.82, 2.24) is 0 Å². The number of benzene rings is 1. The number of fused-ring (bicyclic) bond motifs is 1. The minimum atomic E-state index is -0.236. The molecule has 1 heterocycles. The van der Waals surface area contributed by atoms with Gasteiger partial charge < -0.3 is 5.32 Å². The Balaban J connectivity index is 2.52. The highest BCUT2D eigenvalue weighted by Crippen LogP contribution is 2.37. The highest BCUT2D eigenvalue weighted by Gasteiger charge is 2.27. The summed E-state index contributed by atoms with van der Waals surface area (Å²) >= 11 is 1.47. The maximum absolute atomic E-state index is 11.7.